The van der Waals surface area contributed by atoms with Gasteiger partial charge in [0.05, 0.1) is 34.8 Å². The number of nitrogens with zero attached hydrogens (tertiary/aromatic N) is 5. The van der Waals surface area contributed by atoms with E-state index in [0.29, 0.717) is 39.5 Å². The van der Waals surface area contributed by atoms with Crippen LogP contribution in [-0.4, -0.2) is 51.6 Å². The number of aliphatic hydroxyl groups is 1. The Bertz CT molecular complexity index is 1810. The lowest BCUT2D eigenvalue weighted by molar-refractivity contribution is 0.180. The number of H-pyrrole nitrogens is 2. The van der Waals surface area contributed by atoms with Gasteiger partial charge in [-0.25, -0.2) is 14.4 Å². The maximum absolute atomic E-state index is 14.0. The number of aliphatic hydroxyl groups excluding tert-OH is 1. The number of hydrogen-bond acceptors (Lipinski definition) is 8. The molecule has 1 saturated carbocycles. The fourth-order valence-electron chi connectivity index (χ4n) is 4.61. The molecule has 0 spiro atoms. The predicted octanol–water partition coefficient (Wildman–Crippen LogP) is 4.61. The zero-order chi connectivity index (χ0) is 25.8. The van der Waals surface area contributed by atoms with E-state index in [2.05, 4.69) is 40.4 Å². The van der Waals surface area contributed by atoms with E-state index in [1.807, 2.05) is 12.1 Å². The van der Waals surface area contributed by atoms with E-state index in [4.69, 9.17) is 0 Å². The van der Waals surface area contributed by atoms with E-state index in [1.54, 1.807) is 30.9 Å². The zero-order valence-corrected chi connectivity index (χ0v) is 19.9. The summed E-state index contributed by atoms with van der Waals surface area (Å²) in [5.41, 5.74) is 5.65. The molecule has 5 aromatic heterocycles. The highest BCUT2D eigenvalue weighted by atomic mass is 19.1. The fourth-order valence-corrected chi connectivity index (χ4v) is 4.61. The molecule has 1 aliphatic rings. The molecule has 0 bridgehead atoms. The van der Waals surface area contributed by atoms with Crippen molar-refractivity contribution in [2.24, 2.45) is 5.92 Å². The lowest BCUT2D eigenvalue weighted by Crippen LogP contribution is -2.20. The lowest BCUT2D eigenvalue weighted by atomic mass is 10.1. The number of aromatic nitrogens is 7. The molecule has 5 N–H and O–H groups in total. The molecule has 1 aromatic carbocycles. The summed E-state index contributed by atoms with van der Waals surface area (Å²) in [7, 11) is 0. The quantitative estimate of drug-likeness (QED) is 0.205. The van der Waals surface area contributed by atoms with Crippen molar-refractivity contribution in [3.05, 3.63) is 67.0 Å². The van der Waals surface area contributed by atoms with E-state index in [0.717, 1.165) is 41.1 Å². The molecule has 11 heteroatoms. The van der Waals surface area contributed by atoms with Crippen LogP contribution in [0.2, 0.25) is 0 Å². The molecule has 10 nitrogen and oxygen atoms in total. The van der Waals surface area contributed by atoms with Crippen LogP contribution in [0.15, 0.2) is 61.2 Å². The van der Waals surface area contributed by atoms with Crippen LogP contribution in [0.4, 0.5) is 10.1 Å². The van der Waals surface area contributed by atoms with Crippen LogP contribution in [0.25, 0.3) is 56.0 Å². The van der Waals surface area contributed by atoms with Crippen LogP contribution < -0.4 is 5.32 Å². The van der Waals surface area contributed by atoms with Gasteiger partial charge in [0.15, 0.2) is 11.5 Å². The number of hydrogen-bond donors (Lipinski definition) is 5. The van der Waals surface area contributed by atoms with Crippen LogP contribution in [0.3, 0.4) is 0 Å². The molecule has 1 aliphatic carbocycles. The van der Waals surface area contributed by atoms with Crippen LogP contribution in [-0.2, 0) is 0 Å². The number of phenolic OH excluding ortho intramolecular Hbond substituents is 1. The third-order valence-corrected chi connectivity index (χ3v) is 6.67. The topological polar surface area (TPSA) is 149 Å². The summed E-state index contributed by atoms with van der Waals surface area (Å²) in [6, 6.07) is 9.42. The van der Waals surface area contributed by atoms with Crippen molar-refractivity contribution in [2.75, 3.05) is 5.32 Å². The molecule has 0 aliphatic heterocycles. The van der Waals surface area contributed by atoms with E-state index < -0.39 is 12.0 Å². The summed E-state index contributed by atoms with van der Waals surface area (Å²) in [5, 5.41) is 31.5. The Morgan fingerprint density at radius 1 is 1.03 bits per heavy atom. The summed E-state index contributed by atoms with van der Waals surface area (Å²) < 4.78 is 14.0. The van der Waals surface area contributed by atoms with Gasteiger partial charge in [0.2, 0.25) is 0 Å². The molecule has 6 aromatic rings. The molecular formula is C27H21FN8O2. The molecule has 7 rings (SSSR count). The number of aromatic amines is 2. The first kappa shape index (κ1) is 22.3. The van der Waals surface area contributed by atoms with Gasteiger partial charge in [-0.1, -0.05) is 0 Å². The number of rotatable bonds is 6. The van der Waals surface area contributed by atoms with Gasteiger partial charge >= 0.3 is 0 Å². The molecule has 1 unspecified atom stereocenters. The standard InChI is InChI=1S/C27H21FN8O2/c28-16-5-14(7-18(37)8-16)19-3-4-30-25-23(19)33-26(34-25)24-20-9-21(31-12-22(20)35-36-24)15-6-17(11-29-10-15)32-27(38)13-1-2-13/h3-13,27,32,37-38H,1-2H2,(H,35,36)(H,30,33,34). The van der Waals surface area contributed by atoms with Gasteiger partial charge in [-0.15, -0.1) is 0 Å². The molecule has 5 heterocycles. The summed E-state index contributed by atoms with van der Waals surface area (Å²) in [5.74, 6) is 0.0507. The number of halogens is 1. The lowest BCUT2D eigenvalue weighted by Gasteiger charge is -2.13. The van der Waals surface area contributed by atoms with Crippen molar-refractivity contribution in [3.63, 3.8) is 0 Å². The van der Waals surface area contributed by atoms with E-state index in [1.165, 1.54) is 12.1 Å². The number of anilines is 1. The van der Waals surface area contributed by atoms with Crippen LogP contribution in [0.5, 0.6) is 5.75 Å². The Morgan fingerprint density at radius 3 is 2.76 bits per heavy atom. The molecular weight excluding hydrogens is 487 g/mol. The highest BCUT2D eigenvalue weighted by Gasteiger charge is 2.29. The maximum atomic E-state index is 14.0. The Balaban J connectivity index is 1.28. The minimum Gasteiger partial charge on any atom is -0.508 e. The largest absolute Gasteiger partial charge is 0.508 e. The zero-order valence-electron chi connectivity index (χ0n) is 19.9. The van der Waals surface area contributed by atoms with Crippen molar-refractivity contribution in [1.29, 1.82) is 0 Å². The highest BCUT2D eigenvalue weighted by molar-refractivity contribution is 5.96. The smallest absolute Gasteiger partial charge is 0.178 e. The first-order chi connectivity index (χ1) is 18.5. The van der Waals surface area contributed by atoms with Gasteiger partial charge < -0.3 is 20.5 Å². The van der Waals surface area contributed by atoms with Crippen molar-refractivity contribution in [2.45, 2.75) is 19.1 Å². The summed E-state index contributed by atoms with van der Waals surface area (Å²) >= 11 is 0. The van der Waals surface area contributed by atoms with Crippen LogP contribution in [0, 0.1) is 11.7 Å². The molecule has 1 atom stereocenters. The second kappa shape index (κ2) is 8.60. The molecule has 0 saturated heterocycles. The molecule has 1 fully saturated rings. The SMILES string of the molecule is Oc1cc(F)cc(-c2ccnc3nc(-c4n[nH]c5cnc(-c6cncc(NC(O)C7CC7)c6)cc45)[nH]c23)c1. The second-order valence-electron chi connectivity index (χ2n) is 9.42. The fraction of sp³-hybridized carbons (Fsp3) is 0.148. The number of aromatic hydroxyl groups is 1. The third kappa shape index (κ3) is 3.98. The number of fused-ring (bicyclic) bond motifs is 2. The number of nitrogens with one attached hydrogen (secondary N) is 3. The summed E-state index contributed by atoms with van der Waals surface area (Å²) in [6.07, 6.45) is 8.12. The monoisotopic (exact) mass is 508 g/mol. The number of imidazole rings is 1. The minimum absolute atomic E-state index is 0.168. The van der Waals surface area contributed by atoms with Crippen LogP contribution in [0.1, 0.15) is 12.8 Å². The van der Waals surface area contributed by atoms with E-state index in [9.17, 15) is 14.6 Å². The average molecular weight is 509 g/mol. The van der Waals surface area contributed by atoms with Gasteiger partial charge in [-0.05, 0) is 48.7 Å². The van der Waals surface area contributed by atoms with Gasteiger partial charge in [-0.2, -0.15) is 5.10 Å². The Labute approximate surface area is 214 Å². The second-order valence-corrected chi connectivity index (χ2v) is 9.42. The van der Waals surface area contributed by atoms with E-state index >= 15 is 0 Å². The van der Waals surface area contributed by atoms with Gasteiger partial charge in [0.25, 0.3) is 0 Å². The first-order valence-corrected chi connectivity index (χ1v) is 12.1. The summed E-state index contributed by atoms with van der Waals surface area (Å²) in [6.45, 7) is 0. The molecule has 0 radical (unpaired) electrons. The number of phenols is 1. The maximum Gasteiger partial charge on any atom is 0.178 e. The predicted molar refractivity (Wildman–Crippen MR) is 139 cm³/mol. The number of benzene rings is 1. The highest BCUT2D eigenvalue weighted by Crippen LogP contribution is 2.35. The van der Waals surface area contributed by atoms with Crippen molar-refractivity contribution in [3.8, 4) is 39.7 Å². The average Bonchev–Trinajstić information content (AvgIpc) is 3.54. The minimum atomic E-state index is -0.592. The molecule has 38 heavy (non-hydrogen) atoms. The van der Waals surface area contributed by atoms with Gasteiger partial charge in [-0.3, -0.25) is 15.1 Å². The molecule has 188 valence electrons. The van der Waals surface area contributed by atoms with Gasteiger partial charge in [0, 0.05) is 40.9 Å². The summed E-state index contributed by atoms with van der Waals surface area (Å²) in [4.78, 5) is 21.1. The molecule has 0 amide bonds. The third-order valence-electron chi connectivity index (χ3n) is 6.67. The Hall–Kier alpha value is -4.90. The normalized spacial score (nSPS) is 14.3. The van der Waals surface area contributed by atoms with Gasteiger partial charge in [0.1, 0.15) is 23.5 Å². The first-order valence-electron chi connectivity index (χ1n) is 12.1. The van der Waals surface area contributed by atoms with Crippen molar-refractivity contribution in [1.82, 2.24) is 35.1 Å². The van der Waals surface area contributed by atoms with Crippen molar-refractivity contribution >= 4 is 27.8 Å². The van der Waals surface area contributed by atoms with Crippen LogP contribution >= 0.6 is 0 Å². The Kier molecular flexibility index (Phi) is 5.05. The number of pyridine rings is 3. The van der Waals surface area contributed by atoms with Crippen molar-refractivity contribution < 1.29 is 14.6 Å². The van der Waals surface area contributed by atoms with E-state index in [-0.39, 0.29) is 11.7 Å². The Morgan fingerprint density at radius 2 is 1.92 bits per heavy atom.